The van der Waals surface area contributed by atoms with Crippen LogP contribution in [0, 0.1) is 17.8 Å². The van der Waals surface area contributed by atoms with E-state index in [0.29, 0.717) is 18.3 Å². The van der Waals surface area contributed by atoms with Crippen LogP contribution in [-0.4, -0.2) is 23.1 Å². The minimum Gasteiger partial charge on any atom is -0.298 e. The van der Waals surface area contributed by atoms with E-state index < -0.39 is 11.2 Å². The van der Waals surface area contributed by atoms with E-state index in [-0.39, 0.29) is 17.9 Å². The molecular formula is C31H58O6. The topological polar surface area (TPSA) is 71.1 Å². The van der Waals surface area contributed by atoms with Gasteiger partial charge in [-0.25, -0.2) is 9.59 Å². The molecule has 3 unspecified atom stereocenters. The molecule has 37 heavy (non-hydrogen) atoms. The molecule has 0 aromatic rings. The van der Waals surface area contributed by atoms with E-state index in [1.165, 1.54) is 38.5 Å². The van der Waals surface area contributed by atoms with Crippen LogP contribution >= 0.6 is 0 Å². The highest BCUT2D eigenvalue weighted by molar-refractivity contribution is 5.72. The third kappa shape index (κ3) is 15.1. The molecule has 6 nitrogen and oxygen atoms in total. The Morgan fingerprint density at radius 1 is 0.703 bits per heavy atom. The van der Waals surface area contributed by atoms with Crippen LogP contribution in [0.3, 0.4) is 0 Å². The number of unbranched alkanes of at least 4 members (excludes halogenated alkanes) is 7. The molecule has 1 aliphatic carbocycles. The molecule has 0 aromatic heterocycles. The lowest BCUT2D eigenvalue weighted by Crippen LogP contribution is -2.34. The van der Waals surface area contributed by atoms with E-state index in [2.05, 4.69) is 6.92 Å². The van der Waals surface area contributed by atoms with Crippen molar-refractivity contribution in [2.45, 2.75) is 169 Å². The van der Waals surface area contributed by atoms with E-state index in [1.54, 1.807) is 0 Å². The second-order valence-electron chi connectivity index (χ2n) is 12.5. The van der Waals surface area contributed by atoms with Crippen molar-refractivity contribution in [2.24, 2.45) is 17.8 Å². The molecule has 1 fully saturated rings. The average Bonchev–Trinajstić information content (AvgIpc) is 2.88. The van der Waals surface area contributed by atoms with E-state index in [9.17, 15) is 9.59 Å². The highest BCUT2D eigenvalue weighted by Gasteiger charge is 2.37. The van der Waals surface area contributed by atoms with Gasteiger partial charge in [-0.1, -0.05) is 85.0 Å². The Balaban J connectivity index is 2.41. The molecule has 0 aliphatic heterocycles. The van der Waals surface area contributed by atoms with Gasteiger partial charge in [-0.2, -0.15) is 9.78 Å². The first-order valence-corrected chi connectivity index (χ1v) is 15.3. The number of carbonyl (C=O) groups excluding carboxylic acids is 2. The molecule has 0 N–H and O–H groups in total. The molecule has 0 spiro atoms. The van der Waals surface area contributed by atoms with Gasteiger partial charge in [0.2, 0.25) is 0 Å². The normalized spacial score (nSPS) is 20.6. The summed E-state index contributed by atoms with van der Waals surface area (Å²) in [4.78, 5) is 46.0. The molecule has 1 aliphatic rings. The summed E-state index contributed by atoms with van der Waals surface area (Å²) in [5, 5.41) is 0. The summed E-state index contributed by atoms with van der Waals surface area (Å²) in [6.07, 6.45) is 17.7. The van der Waals surface area contributed by atoms with Crippen molar-refractivity contribution in [3.05, 3.63) is 0 Å². The standard InChI is InChI=1S/C31H58O6/c1-8-11-12-16-19-25-22-23-26(27(24-25)29(33)35-37-31(6,7)10-3)20-17-14-13-15-18-21-28(32)34-36-30(4,5)9-2/h25-27H,8-24H2,1-7H3. The van der Waals surface area contributed by atoms with Gasteiger partial charge in [0.1, 0.15) is 11.2 Å². The summed E-state index contributed by atoms with van der Waals surface area (Å²) in [5.74, 6) is 0.484. The van der Waals surface area contributed by atoms with Crippen molar-refractivity contribution in [1.29, 1.82) is 0 Å². The quantitative estimate of drug-likeness (QED) is 0.0895. The third-order valence-electron chi connectivity index (χ3n) is 8.24. The van der Waals surface area contributed by atoms with Crippen LogP contribution in [0.1, 0.15) is 158 Å². The van der Waals surface area contributed by atoms with Crippen LogP contribution in [0.15, 0.2) is 0 Å². The van der Waals surface area contributed by atoms with Gasteiger partial charge in [-0.15, -0.1) is 0 Å². The van der Waals surface area contributed by atoms with Crippen LogP contribution in [-0.2, 0) is 29.1 Å². The van der Waals surface area contributed by atoms with E-state index in [4.69, 9.17) is 19.6 Å². The maximum absolute atomic E-state index is 13.1. The average molecular weight is 527 g/mol. The van der Waals surface area contributed by atoms with E-state index >= 15 is 0 Å². The maximum atomic E-state index is 13.1. The van der Waals surface area contributed by atoms with Gasteiger partial charge < -0.3 is 0 Å². The first-order chi connectivity index (χ1) is 17.5. The molecule has 218 valence electrons. The van der Waals surface area contributed by atoms with Gasteiger partial charge in [0.25, 0.3) is 0 Å². The zero-order chi connectivity index (χ0) is 27.7. The molecule has 0 radical (unpaired) electrons. The maximum Gasteiger partial charge on any atom is 0.345 e. The summed E-state index contributed by atoms with van der Waals surface area (Å²) >= 11 is 0. The van der Waals surface area contributed by atoms with Gasteiger partial charge in [-0.3, -0.25) is 9.78 Å². The highest BCUT2D eigenvalue weighted by atomic mass is 17.2. The third-order valence-corrected chi connectivity index (χ3v) is 8.24. The fourth-order valence-corrected chi connectivity index (χ4v) is 4.82. The summed E-state index contributed by atoms with van der Waals surface area (Å²) in [5.41, 5.74) is -0.892. The van der Waals surface area contributed by atoms with Crippen LogP contribution in [0.4, 0.5) is 0 Å². The Morgan fingerprint density at radius 2 is 1.27 bits per heavy atom. The molecule has 0 heterocycles. The lowest BCUT2D eigenvalue weighted by Gasteiger charge is -2.35. The first kappa shape index (κ1) is 33.9. The molecule has 0 amide bonds. The second-order valence-corrected chi connectivity index (χ2v) is 12.5. The van der Waals surface area contributed by atoms with Crippen molar-refractivity contribution < 1.29 is 29.1 Å². The number of hydrogen-bond donors (Lipinski definition) is 0. The zero-order valence-corrected chi connectivity index (χ0v) is 25.2. The zero-order valence-electron chi connectivity index (χ0n) is 25.2. The predicted octanol–water partition coefficient (Wildman–Crippen LogP) is 9.05. The van der Waals surface area contributed by atoms with Crippen molar-refractivity contribution in [1.82, 2.24) is 0 Å². The number of hydrogen-bond acceptors (Lipinski definition) is 6. The Hall–Kier alpha value is -1.14. The molecule has 6 heteroatoms. The summed E-state index contributed by atoms with van der Waals surface area (Å²) in [7, 11) is 0. The number of carbonyl (C=O) groups is 2. The summed E-state index contributed by atoms with van der Waals surface area (Å²) in [6.45, 7) is 14.0. The van der Waals surface area contributed by atoms with Gasteiger partial charge in [0.15, 0.2) is 0 Å². The molecule has 1 saturated carbocycles. The summed E-state index contributed by atoms with van der Waals surface area (Å²) in [6, 6.07) is 0. The molecule has 3 atom stereocenters. The van der Waals surface area contributed by atoms with Crippen LogP contribution in [0.5, 0.6) is 0 Å². The van der Waals surface area contributed by atoms with Gasteiger partial charge >= 0.3 is 11.9 Å². The lowest BCUT2D eigenvalue weighted by molar-refractivity contribution is -0.329. The smallest absolute Gasteiger partial charge is 0.298 e. The van der Waals surface area contributed by atoms with Crippen LogP contribution < -0.4 is 0 Å². The minimum absolute atomic E-state index is 0.0558. The first-order valence-electron chi connectivity index (χ1n) is 15.3. The Morgan fingerprint density at radius 3 is 1.92 bits per heavy atom. The Bertz CT molecular complexity index is 629. The fraction of sp³-hybridized carbons (Fsp3) is 0.935. The van der Waals surface area contributed by atoms with E-state index in [0.717, 1.165) is 64.2 Å². The highest BCUT2D eigenvalue weighted by Crippen LogP contribution is 2.40. The van der Waals surface area contributed by atoms with Gasteiger partial charge in [0.05, 0.1) is 5.92 Å². The van der Waals surface area contributed by atoms with Crippen molar-refractivity contribution >= 4 is 11.9 Å². The van der Waals surface area contributed by atoms with Gasteiger partial charge in [0, 0.05) is 6.42 Å². The fourth-order valence-electron chi connectivity index (χ4n) is 4.82. The SMILES string of the molecule is CCCCCCC1CCC(CCCCCCCC(=O)OOC(C)(C)CC)C(C(=O)OOC(C)(C)CC)C1. The van der Waals surface area contributed by atoms with Crippen LogP contribution in [0.2, 0.25) is 0 Å². The lowest BCUT2D eigenvalue weighted by atomic mass is 9.71. The van der Waals surface area contributed by atoms with Crippen molar-refractivity contribution in [2.75, 3.05) is 0 Å². The summed E-state index contributed by atoms with van der Waals surface area (Å²) < 4.78 is 0. The van der Waals surface area contributed by atoms with Crippen molar-refractivity contribution in [3.8, 4) is 0 Å². The second kappa shape index (κ2) is 18.2. The van der Waals surface area contributed by atoms with Crippen molar-refractivity contribution in [3.63, 3.8) is 0 Å². The molecule has 0 bridgehead atoms. The monoisotopic (exact) mass is 526 g/mol. The molecule has 1 rings (SSSR count). The predicted molar refractivity (Wildman–Crippen MR) is 148 cm³/mol. The Labute approximate surface area is 227 Å². The largest absolute Gasteiger partial charge is 0.345 e. The van der Waals surface area contributed by atoms with Crippen LogP contribution in [0.25, 0.3) is 0 Å². The van der Waals surface area contributed by atoms with E-state index in [1.807, 2.05) is 41.5 Å². The number of rotatable bonds is 20. The minimum atomic E-state index is -0.454. The van der Waals surface area contributed by atoms with Gasteiger partial charge in [-0.05, 0) is 78.1 Å². The molecular weight excluding hydrogens is 468 g/mol. The molecule has 0 aromatic carbocycles. The molecule has 0 saturated heterocycles. The Kier molecular flexibility index (Phi) is 16.7.